The van der Waals surface area contributed by atoms with Crippen LogP contribution in [0, 0.1) is 13.8 Å². The third-order valence-electron chi connectivity index (χ3n) is 4.93. The van der Waals surface area contributed by atoms with Crippen molar-refractivity contribution in [3.8, 4) is 10.6 Å². The van der Waals surface area contributed by atoms with Crippen LogP contribution in [-0.4, -0.2) is 19.4 Å². The molecule has 4 aromatic rings. The number of carbonyl (C=O) groups excluding carboxylic acids is 1. The molecule has 0 atom stereocenters. The fraction of sp³-hybridized carbons (Fsp3) is 0.120. The second-order valence-electron chi connectivity index (χ2n) is 7.54. The van der Waals surface area contributed by atoms with E-state index in [1.54, 1.807) is 6.07 Å². The van der Waals surface area contributed by atoms with Crippen LogP contribution in [0.15, 0.2) is 83.1 Å². The lowest BCUT2D eigenvalue weighted by Gasteiger charge is -2.12. The zero-order valence-corrected chi connectivity index (χ0v) is 19.7. The normalized spacial score (nSPS) is 11.2. The first-order valence-electron chi connectivity index (χ1n) is 10.2. The maximum atomic E-state index is 12.9. The maximum absolute atomic E-state index is 12.9. The minimum atomic E-state index is -3.87. The van der Waals surface area contributed by atoms with Crippen LogP contribution in [0.2, 0.25) is 0 Å². The van der Waals surface area contributed by atoms with E-state index in [9.17, 15) is 13.2 Å². The molecule has 0 radical (unpaired) electrons. The van der Waals surface area contributed by atoms with Gasteiger partial charge in [-0.2, -0.15) is 0 Å². The van der Waals surface area contributed by atoms with Gasteiger partial charge in [-0.15, -0.1) is 11.3 Å². The topological polar surface area (TPSA) is 85.4 Å². The smallest absolute Gasteiger partial charge is 0.338 e. The molecule has 0 saturated carbocycles. The first-order valence-corrected chi connectivity index (χ1v) is 12.6. The monoisotopic (exact) mass is 478 g/mol. The Morgan fingerprint density at radius 1 is 1.00 bits per heavy atom. The molecule has 3 aromatic carbocycles. The van der Waals surface area contributed by atoms with E-state index in [0.717, 1.165) is 21.7 Å². The Balaban J connectivity index is 1.45. The highest BCUT2D eigenvalue weighted by atomic mass is 32.2. The van der Waals surface area contributed by atoms with Crippen molar-refractivity contribution >= 4 is 33.0 Å². The van der Waals surface area contributed by atoms with Crippen LogP contribution in [0.5, 0.6) is 0 Å². The molecule has 0 fully saturated rings. The minimum absolute atomic E-state index is 0.0000440. The molecule has 1 heterocycles. The molecule has 0 bridgehead atoms. The quantitative estimate of drug-likeness (QED) is 0.350. The van der Waals surface area contributed by atoms with Gasteiger partial charge in [-0.3, -0.25) is 4.72 Å². The number of aromatic nitrogens is 1. The molecule has 33 heavy (non-hydrogen) atoms. The number of benzene rings is 3. The molecule has 0 amide bonds. The van der Waals surface area contributed by atoms with Crippen LogP contribution in [-0.2, 0) is 21.4 Å². The van der Waals surface area contributed by atoms with Crippen LogP contribution < -0.4 is 4.72 Å². The summed E-state index contributed by atoms with van der Waals surface area (Å²) in [4.78, 5) is 17.0. The molecule has 1 aromatic heterocycles. The van der Waals surface area contributed by atoms with Gasteiger partial charge in [0, 0.05) is 10.9 Å². The molecule has 0 saturated heterocycles. The number of aryl methyl sites for hydroxylation is 2. The second kappa shape index (κ2) is 9.56. The third-order valence-corrected chi connectivity index (χ3v) is 7.23. The van der Waals surface area contributed by atoms with Gasteiger partial charge in [-0.05, 0) is 43.7 Å². The maximum Gasteiger partial charge on any atom is 0.338 e. The lowest BCUT2D eigenvalue weighted by molar-refractivity contribution is 0.0468. The molecule has 4 rings (SSSR count). The lowest BCUT2D eigenvalue weighted by Crippen LogP contribution is -2.15. The summed E-state index contributed by atoms with van der Waals surface area (Å²) in [6.07, 6.45) is 0. The fourth-order valence-electron chi connectivity index (χ4n) is 3.23. The number of nitrogens with one attached hydrogen (secondary N) is 1. The number of nitrogens with zero attached hydrogens (tertiary/aromatic N) is 1. The summed E-state index contributed by atoms with van der Waals surface area (Å²) in [6, 6.07) is 21.0. The van der Waals surface area contributed by atoms with Gasteiger partial charge in [0.15, 0.2) is 0 Å². The Morgan fingerprint density at radius 2 is 1.79 bits per heavy atom. The Bertz CT molecular complexity index is 1400. The molecule has 0 aliphatic carbocycles. The molecule has 0 unspecified atom stereocenters. The number of hydrogen-bond acceptors (Lipinski definition) is 6. The summed E-state index contributed by atoms with van der Waals surface area (Å²) < 4.78 is 33.7. The zero-order chi connectivity index (χ0) is 23.4. The summed E-state index contributed by atoms with van der Waals surface area (Å²) in [6.45, 7) is 3.77. The van der Waals surface area contributed by atoms with Gasteiger partial charge < -0.3 is 4.74 Å². The van der Waals surface area contributed by atoms with E-state index in [0.29, 0.717) is 11.4 Å². The molecule has 0 spiro atoms. The van der Waals surface area contributed by atoms with Crippen molar-refractivity contribution < 1.29 is 17.9 Å². The third kappa shape index (κ3) is 5.47. The summed E-state index contributed by atoms with van der Waals surface area (Å²) in [5.41, 5.74) is 4.12. The van der Waals surface area contributed by atoms with Gasteiger partial charge in [0.25, 0.3) is 10.0 Å². The van der Waals surface area contributed by atoms with Gasteiger partial charge in [0.2, 0.25) is 0 Å². The highest BCUT2D eigenvalue weighted by Gasteiger charge is 2.18. The molecular formula is C25H22N2O4S2. The molecule has 6 nitrogen and oxygen atoms in total. The number of sulfonamides is 1. The van der Waals surface area contributed by atoms with Gasteiger partial charge in [-0.25, -0.2) is 18.2 Å². The minimum Gasteiger partial charge on any atom is -0.456 e. The number of anilines is 1. The lowest BCUT2D eigenvalue weighted by atomic mass is 10.1. The van der Waals surface area contributed by atoms with Crippen molar-refractivity contribution in [2.45, 2.75) is 25.3 Å². The predicted octanol–water partition coefficient (Wildman–Crippen LogP) is 5.58. The van der Waals surface area contributed by atoms with E-state index in [1.165, 1.54) is 35.6 Å². The van der Waals surface area contributed by atoms with E-state index < -0.39 is 16.0 Å². The number of ether oxygens (including phenoxy) is 1. The Labute approximate surface area is 197 Å². The van der Waals surface area contributed by atoms with E-state index in [4.69, 9.17) is 4.74 Å². The number of esters is 1. The summed E-state index contributed by atoms with van der Waals surface area (Å²) in [5, 5.41) is 2.68. The van der Waals surface area contributed by atoms with E-state index >= 15 is 0 Å². The molecule has 0 aliphatic rings. The van der Waals surface area contributed by atoms with Crippen molar-refractivity contribution in [3.63, 3.8) is 0 Å². The summed E-state index contributed by atoms with van der Waals surface area (Å²) >= 11 is 1.47. The highest BCUT2D eigenvalue weighted by molar-refractivity contribution is 7.92. The molecule has 168 valence electrons. The number of hydrogen-bond donors (Lipinski definition) is 1. The van der Waals surface area contributed by atoms with E-state index in [-0.39, 0.29) is 17.1 Å². The largest absolute Gasteiger partial charge is 0.456 e. The zero-order valence-electron chi connectivity index (χ0n) is 18.1. The number of carbonyl (C=O) groups is 1. The first-order chi connectivity index (χ1) is 15.8. The first kappa shape index (κ1) is 22.7. The van der Waals surface area contributed by atoms with E-state index in [2.05, 4.69) is 9.71 Å². The van der Waals surface area contributed by atoms with Crippen molar-refractivity contribution in [1.82, 2.24) is 4.98 Å². The molecule has 1 N–H and O–H groups in total. The van der Waals surface area contributed by atoms with Crippen LogP contribution in [0.25, 0.3) is 10.6 Å². The average Bonchev–Trinajstić information content (AvgIpc) is 3.29. The van der Waals surface area contributed by atoms with Crippen LogP contribution in [0.1, 0.15) is 27.2 Å². The molecule has 8 heteroatoms. The van der Waals surface area contributed by atoms with Crippen molar-refractivity contribution in [2.24, 2.45) is 0 Å². The van der Waals surface area contributed by atoms with Crippen molar-refractivity contribution in [3.05, 3.63) is 101 Å². The van der Waals surface area contributed by atoms with Gasteiger partial charge in [0.05, 0.1) is 21.8 Å². The Kier molecular flexibility index (Phi) is 6.57. The van der Waals surface area contributed by atoms with E-state index in [1.807, 2.05) is 61.7 Å². The summed E-state index contributed by atoms with van der Waals surface area (Å²) in [7, 11) is -3.87. The standard InChI is InChI=1S/C25H22N2O4S2/c1-17-11-12-23(18(2)13-17)27-33(29,30)22-10-6-9-20(14-22)25(28)31-15-21-16-32-24(26-21)19-7-4-3-5-8-19/h3-14,16,27H,15H2,1-2H3. The average molecular weight is 479 g/mol. The van der Waals surface area contributed by atoms with Gasteiger partial charge in [0.1, 0.15) is 11.6 Å². The number of rotatable bonds is 7. The molecular weight excluding hydrogens is 456 g/mol. The van der Waals surface area contributed by atoms with Gasteiger partial charge >= 0.3 is 5.97 Å². The Morgan fingerprint density at radius 3 is 2.55 bits per heavy atom. The van der Waals surface area contributed by atoms with Gasteiger partial charge in [-0.1, -0.05) is 54.1 Å². The van der Waals surface area contributed by atoms with Crippen LogP contribution >= 0.6 is 11.3 Å². The fourth-order valence-corrected chi connectivity index (χ4v) is 5.22. The SMILES string of the molecule is Cc1ccc(NS(=O)(=O)c2cccc(C(=O)OCc3csc(-c4ccccc4)n3)c2)c(C)c1. The molecule has 0 aliphatic heterocycles. The Hall–Kier alpha value is -3.49. The van der Waals surface area contributed by atoms with Crippen LogP contribution in [0.3, 0.4) is 0 Å². The highest BCUT2D eigenvalue weighted by Crippen LogP contribution is 2.24. The summed E-state index contributed by atoms with van der Waals surface area (Å²) in [5.74, 6) is -0.618. The number of thiazole rings is 1. The van der Waals surface area contributed by atoms with Crippen molar-refractivity contribution in [1.29, 1.82) is 0 Å². The van der Waals surface area contributed by atoms with Crippen molar-refractivity contribution in [2.75, 3.05) is 4.72 Å². The second-order valence-corrected chi connectivity index (χ2v) is 10.1. The van der Waals surface area contributed by atoms with Crippen LogP contribution in [0.4, 0.5) is 5.69 Å². The predicted molar refractivity (Wildman–Crippen MR) is 130 cm³/mol.